The molecule has 0 aliphatic rings. The van der Waals surface area contributed by atoms with Gasteiger partial charge in [-0.1, -0.05) is 0 Å². The first kappa shape index (κ1) is 15.8. The van der Waals surface area contributed by atoms with Crippen LogP contribution in [-0.4, -0.2) is 28.6 Å². The van der Waals surface area contributed by atoms with E-state index in [0.717, 1.165) is 0 Å². The maximum atomic E-state index is 12.1. The summed E-state index contributed by atoms with van der Waals surface area (Å²) in [6.45, 7) is 3.17. The predicted molar refractivity (Wildman–Crippen MR) is 78.8 cm³/mol. The van der Waals surface area contributed by atoms with Gasteiger partial charge in [-0.3, -0.25) is 4.79 Å². The first-order chi connectivity index (χ1) is 10.3. The Morgan fingerprint density at radius 3 is 2.55 bits per heavy atom. The van der Waals surface area contributed by atoms with Crippen molar-refractivity contribution in [3.05, 3.63) is 59.0 Å². The van der Waals surface area contributed by atoms with E-state index in [2.05, 4.69) is 5.32 Å². The molecule has 1 unspecified atom stereocenters. The van der Waals surface area contributed by atoms with Gasteiger partial charge in [0.2, 0.25) is 0 Å². The van der Waals surface area contributed by atoms with Crippen LogP contribution >= 0.6 is 0 Å². The summed E-state index contributed by atoms with van der Waals surface area (Å²) in [6.07, 6.45) is 1.44. The van der Waals surface area contributed by atoms with Crippen LogP contribution in [0.3, 0.4) is 0 Å². The van der Waals surface area contributed by atoms with Crippen LogP contribution in [0.1, 0.15) is 39.0 Å². The van der Waals surface area contributed by atoms with Gasteiger partial charge in [0.25, 0.3) is 5.91 Å². The van der Waals surface area contributed by atoms with Crippen molar-refractivity contribution in [1.82, 2.24) is 5.32 Å². The Balaban J connectivity index is 2.11. The minimum atomic E-state index is -1.35. The van der Waals surface area contributed by atoms with Crippen molar-refractivity contribution in [3.63, 3.8) is 0 Å². The molecule has 2 rings (SSSR count). The average Bonchev–Trinajstić information content (AvgIpc) is 2.99. The molecule has 22 heavy (non-hydrogen) atoms. The predicted octanol–water partition coefficient (Wildman–Crippen LogP) is 1.92. The minimum absolute atomic E-state index is 0.0444. The first-order valence-corrected chi connectivity index (χ1v) is 6.69. The molecule has 0 radical (unpaired) electrons. The zero-order valence-corrected chi connectivity index (χ0v) is 12.3. The van der Waals surface area contributed by atoms with E-state index in [0.29, 0.717) is 11.3 Å². The molecule has 0 aliphatic heterocycles. The van der Waals surface area contributed by atoms with Crippen LogP contribution in [0.4, 0.5) is 0 Å². The molecule has 0 aliphatic carbocycles. The van der Waals surface area contributed by atoms with Gasteiger partial charge in [-0.15, -0.1) is 0 Å². The third kappa shape index (κ3) is 3.53. The molecular weight excluding hydrogens is 286 g/mol. The molecule has 3 N–H and O–H groups in total. The van der Waals surface area contributed by atoms with Crippen LogP contribution in [0.25, 0.3) is 0 Å². The van der Waals surface area contributed by atoms with Crippen LogP contribution in [-0.2, 0) is 5.60 Å². The third-order valence-corrected chi connectivity index (χ3v) is 3.23. The summed E-state index contributed by atoms with van der Waals surface area (Å²) in [5.74, 6) is -1.22. The third-order valence-electron chi connectivity index (χ3n) is 3.23. The second-order valence-electron chi connectivity index (χ2n) is 5.33. The highest BCUT2D eigenvalue weighted by atomic mass is 16.4. The lowest BCUT2D eigenvalue weighted by Crippen LogP contribution is -2.38. The number of hydrogen-bond donors (Lipinski definition) is 3. The van der Waals surface area contributed by atoms with Crippen molar-refractivity contribution >= 4 is 11.9 Å². The van der Waals surface area contributed by atoms with E-state index >= 15 is 0 Å². The molecule has 1 amide bonds. The summed E-state index contributed by atoms with van der Waals surface area (Å²) >= 11 is 0. The number of carboxylic acids is 1. The molecule has 0 spiro atoms. The van der Waals surface area contributed by atoms with Crippen LogP contribution in [0.2, 0.25) is 0 Å². The number of aryl methyl sites for hydroxylation is 1. The highest BCUT2D eigenvalue weighted by molar-refractivity contribution is 5.97. The number of rotatable bonds is 5. The fourth-order valence-corrected chi connectivity index (χ4v) is 2.06. The largest absolute Gasteiger partial charge is 0.478 e. The van der Waals surface area contributed by atoms with Gasteiger partial charge in [0.1, 0.15) is 11.4 Å². The second-order valence-corrected chi connectivity index (χ2v) is 5.33. The molecule has 1 aromatic carbocycles. The van der Waals surface area contributed by atoms with Gasteiger partial charge >= 0.3 is 5.97 Å². The van der Waals surface area contributed by atoms with Gasteiger partial charge in [-0.2, -0.15) is 0 Å². The van der Waals surface area contributed by atoms with E-state index in [1.165, 1.54) is 25.3 Å². The minimum Gasteiger partial charge on any atom is -0.478 e. The van der Waals surface area contributed by atoms with Crippen molar-refractivity contribution in [1.29, 1.82) is 0 Å². The highest BCUT2D eigenvalue weighted by Gasteiger charge is 2.27. The maximum absolute atomic E-state index is 12.1. The summed E-state index contributed by atoms with van der Waals surface area (Å²) < 4.78 is 5.13. The Bertz CT molecular complexity index is 689. The van der Waals surface area contributed by atoms with E-state index in [1.54, 1.807) is 25.1 Å². The Morgan fingerprint density at radius 2 is 1.95 bits per heavy atom. The number of aromatic carboxylic acids is 1. The number of carbonyl (C=O) groups is 2. The van der Waals surface area contributed by atoms with Gasteiger partial charge in [-0.05, 0) is 49.7 Å². The summed E-state index contributed by atoms with van der Waals surface area (Å²) in [5, 5.41) is 21.9. The number of amides is 1. The molecule has 0 saturated carbocycles. The standard InChI is InChI=1S/C16H17NO5/c1-10-6-11(8-12(7-10)15(19)20)14(18)17-9-16(2,21)13-4-3-5-22-13/h3-8,21H,9H2,1-2H3,(H,17,18)(H,19,20). The average molecular weight is 303 g/mol. The number of nitrogens with one attached hydrogen (secondary N) is 1. The lowest BCUT2D eigenvalue weighted by atomic mass is 10.0. The highest BCUT2D eigenvalue weighted by Crippen LogP contribution is 2.20. The Labute approximate surface area is 127 Å². The second kappa shape index (κ2) is 6.03. The maximum Gasteiger partial charge on any atom is 0.335 e. The van der Waals surface area contributed by atoms with E-state index in [9.17, 15) is 14.7 Å². The lowest BCUT2D eigenvalue weighted by molar-refractivity contribution is 0.0330. The smallest absolute Gasteiger partial charge is 0.335 e. The van der Waals surface area contributed by atoms with Crippen LogP contribution in [0.5, 0.6) is 0 Å². The summed E-state index contributed by atoms with van der Waals surface area (Å²) in [7, 11) is 0. The van der Waals surface area contributed by atoms with Gasteiger partial charge in [-0.25, -0.2) is 4.79 Å². The fourth-order valence-electron chi connectivity index (χ4n) is 2.06. The number of furan rings is 1. The van der Waals surface area contributed by atoms with Crippen LogP contribution in [0, 0.1) is 6.92 Å². The van der Waals surface area contributed by atoms with E-state index < -0.39 is 17.5 Å². The molecule has 116 valence electrons. The molecule has 0 fully saturated rings. The number of aliphatic hydroxyl groups is 1. The Kier molecular flexibility index (Phi) is 4.32. The quantitative estimate of drug-likeness (QED) is 0.783. The normalized spacial score (nSPS) is 13.4. The molecule has 0 saturated heterocycles. The SMILES string of the molecule is Cc1cc(C(=O)O)cc(C(=O)NCC(C)(O)c2ccco2)c1. The summed E-state index contributed by atoms with van der Waals surface area (Å²) in [5.41, 5.74) is -0.406. The molecular formula is C16H17NO5. The van der Waals surface area contributed by atoms with Gasteiger partial charge < -0.3 is 19.9 Å². The van der Waals surface area contributed by atoms with Crippen LogP contribution in [0.15, 0.2) is 41.0 Å². The number of carbonyl (C=O) groups excluding carboxylic acids is 1. The van der Waals surface area contributed by atoms with E-state index in [4.69, 9.17) is 9.52 Å². The van der Waals surface area contributed by atoms with E-state index in [1.807, 2.05) is 0 Å². The van der Waals surface area contributed by atoms with E-state index in [-0.39, 0.29) is 17.7 Å². The van der Waals surface area contributed by atoms with Crippen LogP contribution < -0.4 is 5.32 Å². The molecule has 6 heteroatoms. The van der Waals surface area contributed by atoms with Gasteiger partial charge in [0.15, 0.2) is 0 Å². The van der Waals surface area contributed by atoms with Gasteiger partial charge in [0.05, 0.1) is 18.4 Å². The summed E-state index contributed by atoms with van der Waals surface area (Å²) in [6, 6.07) is 7.63. The zero-order valence-electron chi connectivity index (χ0n) is 12.3. The summed E-state index contributed by atoms with van der Waals surface area (Å²) in [4.78, 5) is 23.2. The van der Waals surface area contributed by atoms with Crippen molar-refractivity contribution in [2.45, 2.75) is 19.4 Å². The molecule has 0 bridgehead atoms. The molecule has 1 aromatic heterocycles. The number of benzene rings is 1. The zero-order chi connectivity index (χ0) is 16.3. The molecule has 6 nitrogen and oxygen atoms in total. The van der Waals surface area contributed by atoms with Crippen molar-refractivity contribution in [3.8, 4) is 0 Å². The van der Waals surface area contributed by atoms with Crippen molar-refractivity contribution in [2.24, 2.45) is 0 Å². The topological polar surface area (TPSA) is 99.8 Å². The first-order valence-electron chi connectivity index (χ1n) is 6.69. The lowest BCUT2D eigenvalue weighted by Gasteiger charge is -2.21. The van der Waals surface area contributed by atoms with Gasteiger partial charge in [0, 0.05) is 5.56 Å². The molecule has 2 aromatic rings. The Morgan fingerprint density at radius 1 is 1.27 bits per heavy atom. The van der Waals surface area contributed by atoms with Crippen molar-refractivity contribution < 1.29 is 24.2 Å². The number of hydrogen-bond acceptors (Lipinski definition) is 4. The molecule has 1 heterocycles. The fraction of sp³-hybridized carbons (Fsp3) is 0.250. The Hall–Kier alpha value is -2.60. The monoisotopic (exact) mass is 303 g/mol. The molecule has 1 atom stereocenters. The number of carboxylic acid groups (broad SMARTS) is 1. The van der Waals surface area contributed by atoms with Crippen molar-refractivity contribution in [2.75, 3.05) is 6.54 Å².